The molecule has 4 rings (SSSR count). The number of aryl methyl sites for hydroxylation is 1. The highest BCUT2D eigenvalue weighted by Crippen LogP contribution is 2.29. The van der Waals surface area contributed by atoms with E-state index in [0.29, 0.717) is 22.9 Å². The highest BCUT2D eigenvalue weighted by atomic mass is 35.5. The van der Waals surface area contributed by atoms with Crippen LogP contribution in [0.2, 0.25) is 5.02 Å². The van der Waals surface area contributed by atoms with Crippen LogP contribution in [-0.2, 0) is 0 Å². The van der Waals surface area contributed by atoms with Crippen molar-refractivity contribution in [2.24, 2.45) is 0 Å². The van der Waals surface area contributed by atoms with Crippen LogP contribution in [-0.4, -0.2) is 12.5 Å². The Bertz CT molecular complexity index is 1080. The molecule has 0 atom stereocenters. The van der Waals surface area contributed by atoms with Crippen LogP contribution in [0, 0.1) is 6.92 Å². The maximum absolute atomic E-state index is 12.7. The topological polar surface area (TPSA) is 42.2 Å². The average molecular weight is 404 g/mol. The van der Waals surface area contributed by atoms with Gasteiger partial charge in [0.25, 0.3) is 5.91 Å². The maximum Gasteiger partial charge on any atom is 0.287 e. The zero-order chi connectivity index (χ0) is 20.2. The monoisotopic (exact) mass is 403 g/mol. The van der Waals surface area contributed by atoms with Crippen LogP contribution in [0.3, 0.4) is 0 Å². The van der Waals surface area contributed by atoms with Crippen LogP contribution < -0.4 is 5.32 Å². The molecule has 146 valence electrons. The first-order chi connectivity index (χ1) is 14.1. The number of halogens is 1. The highest BCUT2D eigenvalue weighted by Gasteiger charge is 2.19. The molecule has 0 fully saturated rings. The molecule has 0 saturated heterocycles. The molecule has 4 heteroatoms. The molecular formula is C25H22ClNO2. The molecule has 1 amide bonds. The van der Waals surface area contributed by atoms with Crippen molar-refractivity contribution in [1.82, 2.24) is 5.32 Å². The second kappa shape index (κ2) is 8.54. The molecule has 4 aromatic rings. The molecule has 0 saturated carbocycles. The van der Waals surface area contributed by atoms with Crippen LogP contribution in [0.4, 0.5) is 0 Å². The molecule has 1 N–H and O–H groups in total. The molecule has 0 radical (unpaired) electrons. The molecular weight excluding hydrogens is 382 g/mol. The first-order valence-electron chi connectivity index (χ1n) is 9.70. The summed E-state index contributed by atoms with van der Waals surface area (Å²) in [4.78, 5) is 12.7. The van der Waals surface area contributed by atoms with E-state index in [2.05, 4.69) is 29.6 Å². The van der Waals surface area contributed by atoms with E-state index in [1.807, 2.05) is 49.4 Å². The number of furan rings is 1. The first kappa shape index (κ1) is 19.3. The van der Waals surface area contributed by atoms with Gasteiger partial charge in [0.05, 0.1) is 0 Å². The van der Waals surface area contributed by atoms with Crippen LogP contribution in [0.15, 0.2) is 83.3 Å². The second-order valence-corrected chi connectivity index (χ2v) is 7.55. The lowest BCUT2D eigenvalue weighted by Gasteiger charge is -2.18. The van der Waals surface area contributed by atoms with E-state index in [9.17, 15) is 4.79 Å². The van der Waals surface area contributed by atoms with Gasteiger partial charge < -0.3 is 9.73 Å². The first-order valence-corrected chi connectivity index (χ1v) is 10.1. The lowest BCUT2D eigenvalue weighted by Crippen LogP contribution is -2.26. The van der Waals surface area contributed by atoms with Gasteiger partial charge in [-0.1, -0.05) is 72.3 Å². The number of carbonyl (C=O) groups is 1. The molecule has 29 heavy (non-hydrogen) atoms. The van der Waals surface area contributed by atoms with E-state index in [-0.39, 0.29) is 11.8 Å². The van der Waals surface area contributed by atoms with E-state index in [4.69, 9.17) is 16.0 Å². The number of hydrogen-bond acceptors (Lipinski definition) is 2. The molecule has 0 aliphatic heterocycles. The standard InChI is InChI=1S/C25H22ClNO2/c1-17-22-16-20(26)12-13-23(22)29-24(17)25(28)27-15-14-21(18-8-4-2-5-9-18)19-10-6-3-7-11-19/h2-13,16,21H,14-15H2,1H3,(H,27,28). The van der Waals surface area contributed by atoms with E-state index in [0.717, 1.165) is 17.4 Å². The SMILES string of the molecule is Cc1c(C(=O)NCCC(c2ccccc2)c2ccccc2)oc2ccc(Cl)cc12. The molecule has 1 heterocycles. The fourth-order valence-electron chi connectivity index (χ4n) is 3.72. The Morgan fingerprint density at radius 3 is 2.21 bits per heavy atom. The van der Waals surface area contributed by atoms with Crippen molar-refractivity contribution in [3.63, 3.8) is 0 Å². The van der Waals surface area contributed by atoms with Gasteiger partial charge in [-0.05, 0) is 42.7 Å². The van der Waals surface area contributed by atoms with Crippen molar-refractivity contribution in [1.29, 1.82) is 0 Å². The third-order valence-electron chi connectivity index (χ3n) is 5.23. The number of fused-ring (bicyclic) bond motifs is 1. The van der Waals surface area contributed by atoms with Gasteiger partial charge in [-0.25, -0.2) is 0 Å². The molecule has 0 aliphatic carbocycles. The Kier molecular flexibility index (Phi) is 5.68. The van der Waals surface area contributed by atoms with Crippen LogP contribution in [0.1, 0.15) is 39.6 Å². The summed E-state index contributed by atoms with van der Waals surface area (Å²) in [5.74, 6) is 0.362. The minimum absolute atomic E-state index is 0.199. The number of benzene rings is 3. The summed E-state index contributed by atoms with van der Waals surface area (Å²) < 4.78 is 5.77. The third kappa shape index (κ3) is 4.20. The van der Waals surface area contributed by atoms with E-state index in [1.54, 1.807) is 12.1 Å². The molecule has 0 unspecified atom stereocenters. The normalized spacial score (nSPS) is 11.1. The molecule has 0 spiro atoms. The van der Waals surface area contributed by atoms with Crippen LogP contribution >= 0.6 is 11.6 Å². The number of rotatable bonds is 6. The predicted octanol–water partition coefficient (Wildman–Crippen LogP) is 6.35. The Balaban J connectivity index is 1.49. The minimum atomic E-state index is -0.199. The van der Waals surface area contributed by atoms with Crippen LogP contribution in [0.5, 0.6) is 0 Å². The van der Waals surface area contributed by atoms with E-state index >= 15 is 0 Å². The van der Waals surface area contributed by atoms with Gasteiger partial charge in [0, 0.05) is 28.4 Å². The Labute approximate surface area is 175 Å². The summed E-state index contributed by atoms with van der Waals surface area (Å²) >= 11 is 6.07. The van der Waals surface area contributed by atoms with Gasteiger partial charge in [-0.3, -0.25) is 4.79 Å². The summed E-state index contributed by atoms with van der Waals surface area (Å²) in [5.41, 5.74) is 3.95. The van der Waals surface area contributed by atoms with Crippen molar-refractivity contribution < 1.29 is 9.21 Å². The summed E-state index contributed by atoms with van der Waals surface area (Å²) in [7, 11) is 0. The van der Waals surface area contributed by atoms with E-state index < -0.39 is 0 Å². The lowest BCUT2D eigenvalue weighted by atomic mass is 9.88. The highest BCUT2D eigenvalue weighted by molar-refractivity contribution is 6.31. The molecule has 1 aromatic heterocycles. The lowest BCUT2D eigenvalue weighted by molar-refractivity contribution is 0.0926. The van der Waals surface area contributed by atoms with Gasteiger partial charge in [-0.2, -0.15) is 0 Å². The van der Waals surface area contributed by atoms with Crippen molar-refractivity contribution in [2.75, 3.05) is 6.54 Å². The quantitative estimate of drug-likeness (QED) is 0.407. The Morgan fingerprint density at radius 2 is 1.59 bits per heavy atom. The summed E-state index contributed by atoms with van der Waals surface area (Å²) in [6, 6.07) is 26.1. The van der Waals surface area contributed by atoms with E-state index in [1.165, 1.54) is 11.1 Å². The molecule has 3 nitrogen and oxygen atoms in total. The number of nitrogens with one attached hydrogen (secondary N) is 1. The predicted molar refractivity (Wildman–Crippen MR) is 118 cm³/mol. The minimum Gasteiger partial charge on any atom is -0.451 e. The Morgan fingerprint density at radius 1 is 0.966 bits per heavy atom. The molecule has 0 bridgehead atoms. The summed E-state index contributed by atoms with van der Waals surface area (Å²) in [6.45, 7) is 2.43. The Hall–Kier alpha value is -3.04. The van der Waals surface area contributed by atoms with Crippen molar-refractivity contribution in [3.05, 3.63) is 106 Å². The molecule has 3 aromatic carbocycles. The average Bonchev–Trinajstić information content (AvgIpc) is 3.08. The summed E-state index contributed by atoms with van der Waals surface area (Å²) in [6.07, 6.45) is 0.796. The fraction of sp³-hybridized carbons (Fsp3) is 0.160. The smallest absolute Gasteiger partial charge is 0.287 e. The van der Waals surface area contributed by atoms with Gasteiger partial charge in [0.15, 0.2) is 5.76 Å². The maximum atomic E-state index is 12.7. The van der Waals surface area contributed by atoms with Crippen molar-refractivity contribution >= 4 is 28.5 Å². The van der Waals surface area contributed by atoms with Crippen LogP contribution in [0.25, 0.3) is 11.0 Å². The zero-order valence-electron chi connectivity index (χ0n) is 16.2. The van der Waals surface area contributed by atoms with Gasteiger partial charge >= 0.3 is 0 Å². The van der Waals surface area contributed by atoms with Gasteiger partial charge in [-0.15, -0.1) is 0 Å². The van der Waals surface area contributed by atoms with Crippen molar-refractivity contribution in [3.8, 4) is 0 Å². The number of carbonyl (C=O) groups excluding carboxylic acids is 1. The fourth-order valence-corrected chi connectivity index (χ4v) is 3.89. The number of amides is 1. The van der Waals surface area contributed by atoms with Crippen molar-refractivity contribution in [2.45, 2.75) is 19.3 Å². The van der Waals surface area contributed by atoms with Gasteiger partial charge in [0.2, 0.25) is 0 Å². The molecule has 0 aliphatic rings. The number of hydrogen-bond donors (Lipinski definition) is 1. The largest absolute Gasteiger partial charge is 0.451 e. The second-order valence-electron chi connectivity index (χ2n) is 7.12. The zero-order valence-corrected chi connectivity index (χ0v) is 16.9. The third-order valence-corrected chi connectivity index (χ3v) is 5.46. The summed E-state index contributed by atoms with van der Waals surface area (Å²) in [5, 5.41) is 4.52. The van der Waals surface area contributed by atoms with Gasteiger partial charge in [0.1, 0.15) is 5.58 Å².